The van der Waals surface area contributed by atoms with E-state index >= 15 is 0 Å². The first kappa shape index (κ1) is 23.6. The molecular weight excluding hydrogens is 464 g/mol. The largest absolute Gasteiger partial charge is 0.433 e. The number of rotatable bonds is 5. The topological polar surface area (TPSA) is 88.5 Å². The quantitative estimate of drug-likeness (QED) is 0.440. The van der Waals surface area contributed by atoms with Gasteiger partial charge in [0, 0.05) is 17.9 Å². The third kappa shape index (κ3) is 5.88. The van der Waals surface area contributed by atoms with E-state index in [4.69, 9.17) is 0 Å². The molecule has 2 N–H and O–H groups in total. The monoisotopic (exact) mass is 483 g/mol. The minimum absolute atomic E-state index is 0.0000859. The van der Waals surface area contributed by atoms with Crippen LogP contribution < -0.4 is 10.6 Å². The molecule has 1 aliphatic rings. The molecule has 1 aliphatic carbocycles. The van der Waals surface area contributed by atoms with Crippen LogP contribution >= 0.6 is 0 Å². The van der Waals surface area contributed by atoms with Gasteiger partial charge in [0.2, 0.25) is 11.9 Å². The number of nitrogens with one attached hydrogen (secondary N) is 2. The average Bonchev–Trinajstić information content (AvgIpc) is 2.79. The van der Waals surface area contributed by atoms with Crippen molar-refractivity contribution in [2.24, 2.45) is 0 Å². The summed E-state index contributed by atoms with van der Waals surface area (Å²) in [6.45, 7) is 0. The Labute approximate surface area is 190 Å². The van der Waals surface area contributed by atoms with Gasteiger partial charge in [0.05, 0.1) is 0 Å². The molecule has 3 heterocycles. The van der Waals surface area contributed by atoms with Crippen LogP contribution in [0.5, 0.6) is 0 Å². The number of aromatic nitrogens is 5. The fourth-order valence-corrected chi connectivity index (χ4v) is 3.55. The molecule has 0 aromatic carbocycles. The van der Waals surface area contributed by atoms with Crippen molar-refractivity contribution < 1.29 is 26.3 Å². The molecule has 0 radical (unpaired) electrons. The Hall–Kier alpha value is -3.51. The van der Waals surface area contributed by atoms with E-state index in [9.17, 15) is 26.3 Å². The van der Waals surface area contributed by atoms with Crippen LogP contribution in [0, 0.1) is 0 Å². The molecule has 0 atom stereocenters. The molecule has 0 amide bonds. The van der Waals surface area contributed by atoms with Gasteiger partial charge < -0.3 is 10.6 Å². The van der Waals surface area contributed by atoms with Crippen LogP contribution in [0.1, 0.15) is 43.5 Å². The molecule has 1 saturated carbocycles. The Morgan fingerprint density at radius 2 is 1.47 bits per heavy atom. The summed E-state index contributed by atoms with van der Waals surface area (Å²) in [5.41, 5.74) is -2.39. The summed E-state index contributed by atoms with van der Waals surface area (Å²) < 4.78 is 78.4. The van der Waals surface area contributed by atoms with Gasteiger partial charge in [-0.15, -0.1) is 0 Å². The van der Waals surface area contributed by atoms with Crippen molar-refractivity contribution >= 4 is 17.6 Å². The van der Waals surface area contributed by atoms with Gasteiger partial charge in [-0.1, -0.05) is 25.3 Å². The van der Waals surface area contributed by atoms with Crippen LogP contribution in [-0.4, -0.2) is 31.0 Å². The molecule has 34 heavy (non-hydrogen) atoms. The fourth-order valence-electron chi connectivity index (χ4n) is 3.55. The van der Waals surface area contributed by atoms with Gasteiger partial charge in [-0.2, -0.15) is 41.3 Å². The molecule has 0 spiro atoms. The maximum Gasteiger partial charge on any atom is 0.433 e. The summed E-state index contributed by atoms with van der Waals surface area (Å²) >= 11 is 0. The fraction of sp³-hybridized carbons (Fsp3) is 0.381. The van der Waals surface area contributed by atoms with Crippen molar-refractivity contribution in [2.75, 3.05) is 10.6 Å². The van der Waals surface area contributed by atoms with E-state index in [1.807, 2.05) is 0 Å². The molecule has 0 aliphatic heterocycles. The molecule has 0 bridgehead atoms. The smallest absolute Gasteiger partial charge is 0.351 e. The van der Waals surface area contributed by atoms with Crippen LogP contribution in [-0.2, 0) is 12.4 Å². The predicted molar refractivity (Wildman–Crippen MR) is 111 cm³/mol. The van der Waals surface area contributed by atoms with E-state index in [2.05, 4.69) is 35.6 Å². The van der Waals surface area contributed by atoms with E-state index in [-0.39, 0.29) is 35.1 Å². The van der Waals surface area contributed by atoms with Gasteiger partial charge in [-0.3, -0.25) is 4.98 Å². The van der Waals surface area contributed by atoms with E-state index in [1.54, 1.807) is 0 Å². The van der Waals surface area contributed by atoms with Crippen molar-refractivity contribution in [2.45, 2.75) is 50.5 Å². The number of hydrogen-bond donors (Lipinski definition) is 2. The second-order valence-electron chi connectivity index (χ2n) is 7.74. The number of nitrogens with zero attached hydrogens (tertiary/aromatic N) is 5. The third-order valence-corrected chi connectivity index (χ3v) is 5.15. The summed E-state index contributed by atoms with van der Waals surface area (Å²) in [4.78, 5) is 19.4. The molecule has 4 rings (SSSR count). The summed E-state index contributed by atoms with van der Waals surface area (Å²) in [7, 11) is 0. The lowest BCUT2D eigenvalue weighted by Gasteiger charge is -2.23. The summed E-state index contributed by atoms with van der Waals surface area (Å²) in [5, 5.41) is 5.81. The van der Waals surface area contributed by atoms with Gasteiger partial charge in [-0.25, -0.2) is 4.98 Å². The van der Waals surface area contributed by atoms with Gasteiger partial charge in [0.25, 0.3) is 0 Å². The third-order valence-electron chi connectivity index (χ3n) is 5.15. The minimum Gasteiger partial charge on any atom is -0.351 e. The van der Waals surface area contributed by atoms with E-state index < -0.39 is 23.7 Å². The maximum atomic E-state index is 13.1. The van der Waals surface area contributed by atoms with Crippen LogP contribution in [0.4, 0.5) is 43.9 Å². The summed E-state index contributed by atoms with van der Waals surface area (Å²) in [6, 6.07) is 5.43. The van der Waals surface area contributed by atoms with E-state index in [1.165, 1.54) is 18.2 Å². The van der Waals surface area contributed by atoms with Crippen molar-refractivity contribution in [3.63, 3.8) is 0 Å². The highest BCUT2D eigenvalue weighted by atomic mass is 19.4. The zero-order valence-corrected chi connectivity index (χ0v) is 17.6. The van der Waals surface area contributed by atoms with Crippen molar-refractivity contribution in [1.82, 2.24) is 24.9 Å². The minimum atomic E-state index is -4.67. The lowest BCUT2D eigenvalue weighted by molar-refractivity contribution is -0.141. The number of anilines is 3. The highest BCUT2D eigenvalue weighted by molar-refractivity contribution is 5.59. The molecule has 3 aromatic rings. The molecule has 3 aromatic heterocycles. The zero-order chi connectivity index (χ0) is 24.3. The molecule has 13 heteroatoms. The number of hydrogen-bond acceptors (Lipinski definition) is 7. The van der Waals surface area contributed by atoms with Gasteiger partial charge in [0.15, 0.2) is 5.82 Å². The lowest BCUT2D eigenvalue weighted by Crippen LogP contribution is -2.24. The van der Waals surface area contributed by atoms with Gasteiger partial charge in [0.1, 0.15) is 17.1 Å². The molecule has 0 saturated heterocycles. The lowest BCUT2D eigenvalue weighted by atomic mass is 9.96. The standard InChI is InChI=1S/C21H19F6N7/c22-20(23,24)15-8-4-7-14(31-15)17-32-18(29-12-5-2-1-3-6-12)34-19(33-17)30-13-9-10-28-16(11-13)21(25,26)27/h4,7-12H,1-3,5-6H2,(H2,28,29,30,32,33,34). The Morgan fingerprint density at radius 3 is 2.18 bits per heavy atom. The van der Waals surface area contributed by atoms with Crippen LogP contribution in [0.15, 0.2) is 36.5 Å². The van der Waals surface area contributed by atoms with Crippen molar-refractivity contribution in [3.05, 3.63) is 47.9 Å². The first-order valence-electron chi connectivity index (χ1n) is 10.5. The van der Waals surface area contributed by atoms with Gasteiger partial charge in [-0.05, 0) is 37.1 Å². The predicted octanol–water partition coefficient (Wildman–Crippen LogP) is 5.85. The summed E-state index contributed by atoms with van der Waals surface area (Å²) in [5.74, 6) is -0.224. The number of halogens is 6. The van der Waals surface area contributed by atoms with Gasteiger partial charge >= 0.3 is 12.4 Å². The first-order valence-corrected chi connectivity index (χ1v) is 10.5. The van der Waals surface area contributed by atoms with Crippen LogP contribution in [0.3, 0.4) is 0 Å². The van der Waals surface area contributed by atoms with Crippen molar-refractivity contribution in [1.29, 1.82) is 0 Å². The molecule has 0 unspecified atom stereocenters. The zero-order valence-electron chi connectivity index (χ0n) is 17.6. The summed E-state index contributed by atoms with van der Waals surface area (Å²) in [6.07, 6.45) is -3.50. The average molecular weight is 483 g/mol. The highest BCUT2D eigenvalue weighted by Gasteiger charge is 2.33. The molecular formula is C21H19F6N7. The Kier molecular flexibility index (Phi) is 6.53. The van der Waals surface area contributed by atoms with Crippen LogP contribution in [0.2, 0.25) is 0 Å². The van der Waals surface area contributed by atoms with Crippen LogP contribution in [0.25, 0.3) is 11.5 Å². The van der Waals surface area contributed by atoms with E-state index in [0.29, 0.717) is 0 Å². The second kappa shape index (κ2) is 9.39. The Balaban J connectivity index is 1.70. The van der Waals surface area contributed by atoms with Crippen molar-refractivity contribution in [3.8, 4) is 11.5 Å². The molecule has 7 nitrogen and oxygen atoms in total. The van der Waals surface area contributed by atoms with E-state index in [0.717, 1.165) is 50.4 Å². The molecule has 1 fully saturated rings. The normalized spacial score (nSPS) is 15.2. The first-order chi connectivity index (χ1) is 16.1. The Bertz CT molecular complexity index is 1140. The number of alkyl halides is 6. The SMILES string of the molecule is FC(F)(F)c1cc(Nc2nc(NC3CCCCC3)nc(-c3cccc(C(F)(F)F)n3)n2)ccn1. The highest BCUT2D eigenvalue weighted by Crippen LogP contribution is 2.31. The number of pyridine rings is 2. The second-order valence-corrected chi connectivity index (χ2v) is 7.74. The molecule has 180 valence electrons. The Morgan fingerprint density at radius 1 is 0.765 bits per heavy atom. The maximum absolute atomic E-state index is 13.1.